The van der Waals surface area contributed by atoms with Crippen LogP contribution in [0, 0.1) is 0 Å². The van der Waals surface area contributed by atoms with Crippen LogP contribution in [-0.4, -0.2) is 49.9 Å². The normalized spacial score (nSPS) is 11.5. The fourth-order valence-corrected chi connectivity index (χ4v) is 21.5. The van der Waals surface area contributed by atoms with E-state index in [1.54, 1.807) is 0 Å². The lowest BCUT2D eigenvalue weighted by Crippen LogP contribution is -2.11. The molecule has 0 fully saturated rings. The highest BCUT2D eigenvalue weighted by Gasteiger charge is 2.32. The number of para-hydroxylation sites is 6. The van der Waals surface area contributed by atoms with Crippen molar-refractivity contribution in [3.05, 3.63) is 510 Å². The topological polar surface area (TPSA) is 172 Å². The molecule has 0 saturated heterocycles. The van der Waals surface area contributed by atoms with E-state index >= 15 is 0 Å². The van der Waals surface area contributed by atoms with Gasteiger partial charge >= 0.3 is 0 Å². The number of rotatable bonds is 20. The molecule has 16 heteroatoms. The maximum absolute atomic E-state index is 6.60. The molecule has 0 bridgehead atoms. The maximum atomic E-state index is 6.60. The van der Waals surface area contributed by atoms with E-state index in [-0.39, 0.29) is 0 Å². The van der Waals surface area contributed by atoms with Gasteiger partial charge in [-0.25, -0.2) is 0 Å². The van der Waals surface area contributed by atoms with Crippen LogP contribution in [0.5, 0.6) is 0 Å². The van der Waals surface area contributed by atoms with Crippen LogP contribution in [0.4, 0.5) is 34.1 Å². The Bertz CT molecular complexity index is 9740. The molecule has 28 rings (SSSR count). The lowest BCUT2D eigenvalue weighted by Gasteiger charge is -2.29. The van der Waals surface area contributed by atoms with Crippen molar-refractivity contribution >= 4 is 121 Å². The molecule has 0 atom stereocenters. The van der Waals surface area contributed by atoms with E-state index in [1.165, 1.54) is 10.8 Å². The Morgan fingerprint density at radius 2 is 0.405 bits per heavy atom. The Hall–Kier alpha value is -20.4. The SMILES string of the molecule is c1ccc(-c2nnc(-c3ccccc3-c3c4ccccc4c(-c4ccccc4-c4nnc(-c5ccccc5)o4)c4c(N(c5ccccc5)c5ccc6c(c5)c5ccccc5n6-c5ccccc5)cccc34)o2)cc1.c1ccc(-c2nnc(-c3ccccc3-c3c4ccccc4c(-c4ccccc4-c4nnc(-c5ccccc5)o4)c4cc(N(c5ccccc5)c5ccc6c(c5)c5ccccc5n6-c5ccccc5)ccc34)o2)cc1. The van der Waals surface area contributed by atoms with E-state index < -0.39 is 0 Å². The Morgan fingerprint density at radius 1 is 0.155 bits per heavy atom. The number of hydrogen-bond acceptors (Lipinski definition) is 14. The van der Waals surface area contributed by atoms with Crippen molar-refractivity contribution in [3.63, 3.8) is 0 Å². The zero-order valence-corrected chi connectivity index (χ0v) is 79.5. The highest BCUT2D eigenvalue weighted by atomic mass is 16.4. The van der Waals surface area contributed by atoms with Gasteiger partial charge in [0.2, 0.25) is 47.1 Å². The number of aromatic nitrogens is 10. The van der Waals surface area contributed by atoms with E-state index in [0.717, 1.165) is 210 Å². The largest absolute Gasteiger partial charge is 0.416 e. The van der Waals surface area contributed by atoms with Crippen LogP contribution < -0.4 is 9.80 Å². The van der Waals surface area contributed by atoms with Crippen molar-refractivity contribution in [2.75, 3.05) is 9.80 Å². The second-order valence-electron chi connectivity index (χ2n) is 36.4. The predicted molar refractivity (Wildman–Crippen MR) is 598 cm³/mol. The van der Waals surface area contributed by atoms with Gasteiger partial charge in [-0.15, -0.1) is 40.8 Å². The summed E-state index contributed by atoms with van der Waals surface area (Å²) in [4.78, 5) is 4.76. The molecule has 0 N–H and O–H groups in total. The molecule has 0 aliphatic heterocycles. The Labute approximate surface area is 849 Å². The van der Waals surface area contributed by atoms with Crippen molar-refractivity contribution < 1.29 is 17.7 Å². The second kappa shape index (κ2) is 37.3. The first-order valence-corrected chi connectivity index (χ1v) is 49.3. The van der Waals surface area contributed by atoms with Gasteiger partial charge in [0.05, 0.1) is 27.8 Å². The lowest BCUT2D eigenvalue weighted by atomic mass is 9.83. The van der Waals surface area contributed by atoms with Crippen LogP contribution in [0.1, 0.15) is 0 Å². The Balaban J connectivity index is 0.000000146. The number of benzene rings is 22. The van der Waals surface area contributed by atoms with Crippen LogP contribution in [0.25, 0.3) is 234 Å². The van der Waals surface area contributed by atoms with Gasteiger partial charge in [0, 0.05) is 117 Å². The van der Waals surface area contributed by atoms with Gasteiger partial charge in [0.25, 0.3) is 0 Å². The summed E-state index contributed by atoms with van der Waals surface area (Å²) < 4.78 is 30.9. The van der Waals surface area contributed by atoms with Gasteiger partial charge in [-0.1, -0.05) is 322 Å². The zero-order chi connectivity index (χ0) is 97.9. The maximum Gasteiger partial charge on any atom is 0.248 e. The molecule has 22 aromatic carbocycles. The fraction of sp³-hybridized carbons (Fsp3) is 0. The van der Waals surface area contributed by atoms with Gasteiger partial charge < -0.3 is 36.6 Å². The summed E-state index contributed by atoms with van der Waals surface area (Å²) in [6.45, 7) is 0. The monoisotopic (exact) mass is 1900 g/mol. The van der Waals surface area contributed by atoms with Crippen molar-refractivity contribution in [2.45, 2.75) is 0 Å². The Kier molecular flexibility index (Phi) is 21.8. The summed E-state index contributed by atoms with van der Waals surface area (Å²) in [7, 11) is 0. The summed E-state index contributed by atoms with van der Waals surface area (Å²) in [6, 6.07) is 177. The average molecular weight is 1900 g/mol. The smallest absolute Gasteiger partial charge is 0.248 e. The number of fused-ring (bicyclic) bond motifs is 10. The average Bonchev–Trinajstić information content (AvgIpc) is 1.13. The molecular weight excluding hydrogens is 1820 g/mol. The predicted octanol–water partition coefficient (Wildman–Crippen LogP) is 34.7. The molecule has 0 saturated carbocycles. The molecule has 6 aromatic heterocycles. The summed E-state index contributed by atoms with van der Waals surface area (Å²) in [5, 5.41) is 50.0. The molecule has 16 nitrogen and oxygen atoms in total. The Morgan fingerprint density at radius 3 is 0.784 bits per heavy atom. The first-order chi connectivity index (χ1) is 73.5. The number of hydrogen-bond donors (Lipinski definition) is 0. The first kappa shape index (κ1) is 86.7. The van der Waals surface area contributed by atoms with E-state index in [2.05, 4.69) is 419 Å². The van der Waals surface area contributed by atoms with Gasteiger partial charge in [-0.05, 0) is 265 Å². The van der Waals surface area contributed by atoms with E-state index in [1.807, 2.05) is 146 Å². The standard InChI is InChI=1S/2C66H42N6O2/c1-5-22-43(23-6-1)63-67-69-65(73-63)53-35-17-15-33-51(53)60-49-31-13-14-32-50(49)61(52-34-16-18-36-54(52)66-70-68-64(74-66)44-24-7-2-8-25-44)62-55(60)37-21-39-59(62)71(45-26-9-3-10-27-45)47-40-41-58-56(42-47)48-30-19-20-38-57(48)72(58)46-28-11-4-12-29-46;1-5-21-43(22-6-1)63-67-69-65(73-63)55-34-17-15-32-52(55)61-50-30-13-14-31-51(50)62(53-33-16-18-35-56(53)66-70-68-64(74-66)44-23-7-2-8-24-44)58-42-47(37-39-54(58)61)71(45-25-9-3-10-26-45)48-38-40-60-57(41-48)49-29-19-20-36-59(49)72(60)46-27-11-4-12-28-46/h2*1-42H. The van der Waals surface area contributed by atoms with E-state index in [0.29, 0.717) is 47.1 Å². The minimum atomic E-state index is 0.425. The van der Waals surface area contributed by atoms with E-state index in [4.69, 9.17) is 22.8 Å². The number of anilines is 6. The van der Waals surface area contributed by atoms with Gasteiger partial charge in [0.15, 0.2) is 0 Å². The lowest BCUT2D eigenvalue weighted by molar-refractivity contribution is 0.584. The third kappa shape index (κ3) is 15.3. The molecule has 0 aliphatic carbocycles. The molecule has 28 aromatic rings. The van der Waals surface area contributed by atoms with Gasteiger partial charge in [0.1, 0.15) is 0 Å². The minimum absolute atomic E-state index is 0.425. The van der Waals surface area contributed by atoms with Gasteiger partial charge in [-0.2, -0.15) is 0 Å². The minimum Gasteiger partial charge on any atom is -0.416 e. The van der Waals surface area contributed by atoms with Crippen LogP contribution in [-0.2, 0) is 0 Å². The molecular formula is C132H84N12O4. The van der Waals surface area contributed by atoms with Crippen LogP contribution in [0.3, 0.4) is 0 Å². The molecule has 696 valence electrons. The molecule has 0 radical (unpaired) electrons. The van der Waals surface area contributed by atoms with E-state index in [9.17, 15) is 0 Å². The molecule has 0 unspecified atom stereocenters. The van der Waals surface area contributed by atoms with Gasteiger partial charge in [-0.3, -0.25) is 0 Å². The quantitative estimate of drug-likeness (QED) is 0.0660. The van der Waals surface area contributed by atoms with Crippen molar-refractivity contribution in [3.8, 4) is 148 Å². The highest BCUT2D eigenvalue weighted by molar-refractivity contribution is 6.28. The highest BCUT2D eigenvalue weighted by Crippen LogP contribution is 2.56. The molecule has 0 amide bonds. The third-order valence-corrected chi connectivity index (χ3v) is 27.9. The number of nitrogens with zero attached hydrogens (tertiary/aromatic N) is 12. The molecule has 0 aliphatic rings. The summed E-state index contributed by atoms with van der Waals surface area (Å²) in [5.41, 5.74) is 27.5. The molecule has 148 heavy (non-hydrogen) atoms. The van der Waals surface area contributed by atoms with Crippen LogP contribution in [0.15, 0.2) is 527 Å². The first-order valence-electron chi connectivity index (χ1n) is 49.3. The van der Waals surface area contributed by atoms with Crippen molar-refractivity contribution in [1.82, 2.24) is 49.9 Å². The van der Waals surface area contributed by atoms with Crippen molar-refractivity contribution in [2.24, 2.45) is 0 Å². The van der Waals surface area contributed by atoms with Crippen molar-refractivity contribution in [1.29, 1.82) is 0 Å². The fourth-order valence-electron chi connectivity index (χ4n) is 21.5. The molecule has 6 heterocycles. The molecule has 0 spiro atoms. The second-order valence-corrected chi connectivity index (χ2v) is 36.4. The summed E-state index contributed by atoms with van der Waals surface area (Å²) >= 11 is 0. The van der Waals surface area contributed by atoms with Crippen LogP contribution in [0.2, 0.25) is 0 Å². The third-order valence-electron chi connectivity index (χ3n) is 27.9. The summed E-state index contributed by atoms with van der Waals surface area (Å²) in [6.07, 6.45) is 0. The summed E-state index contributed by atoms with van der Waals surface area (Å²) in [5.74, 6) is 3.55. The zero-order valence-electron chi connectivity index (χ0n) is 79.5. The van der Waals surface area contributed by atoms with Crippen LogP contribution >= 0.6 is 0 Å².